The van der Waals surface area contributed by atoms with Gasteiger partial charge in [0.25, 0.3) is 5.95 Å². The van der Waals surface area contributed by atoms with Crippen molar-refractivity contribution in [3.05, 3.63) is 64.9 Å². The molecule has 1 aromatic carbocycles. The Balaban J connectivity index is 1.67. The summed E-state index contributed by atoms with van der Waals surface area (Å²) in [5.74, 6) is -3.16. The molecule has 5 rings (SSSR count). The summed E-state index contributed by atoms with van der Waals surface area (Å²) in [4.78, 5) is 25.1. The fraction of sp³-hybridized carbons (Fsp3) is 0.190. The van der Waals surface area contributed by atoms with Crippen LogP contribution in [0.15, 0.2) is 30.6 Å². The summed E-state index contributed by atoms with van der Waals surface area (Å²) in [5, 5.41) is 7.58. The first-order valence-corrected chi connectivity index (χ1v) is 9.62. The van der Waals surface area contributed by atoms with Crippen LogP contribution in [-0.2, 0) is 16.6 Å². The van der Waals surface area contributed by atoms with Crippen LogP contribution < -0.4 is 11.1 Å². The molecule has 4 aromatic rings. The van der Waals surface area contributed by atoms with Crippen molar-refractivity contribution in [3.8, 4) is 5.95 Å². The number of pyridine rings is 1. The quantitative estimate of drug-likeness (QED) is 0.475. The van der Waals surface area contributed by atoms with E-state index < -0.39 is 28.4 Å². The number of hydrogen-bond donors (Lipinski definition) is 2. The van der Waals surface area contributed by atoms with Gasteiger partial charge in [-0.2, -0.15) is 19.7 Å². The number of anilines is 2. The second-order valence-electron chi connectivity index (χ2n) is 7.96. The van der Waals surface area contributed by atoms with Gasteiger partial charge in [-0.3, -0.25) is 9.78 Å². The van der Waals surface area contributed by atoms with E-state index in [2.05, 4.69) is 25.4 Å². The Morgan fingerprint density at radius 3 is 2.66 bits per heavy atom. The van der Waals surface area contributed by atoms with Crippen molar-refractivity contribution in [1.82, 2.24) is 24.7 Å². The van der Waals surface area contributed by atoms with Gasteiger partial charge in [0.05, 0.1) is 22.2 Å². The number of nitrogens with zero attached hydrogens (tertiary/aromatic N) is 5. The lowest BCUT2D eigenvalue weighted by Gasteiger charge is -2.16. The fourth-order valence-electron chi connectivity index (χ4n) is 3.85. The number of nitrogens with two attached hydrogens (primary N) is 1. The van der Waals surface area contributed by atoms with Crippen molar-refractivity contribution in [3.63, 3.8) is 0 Å². The average Bonchev–Trinajstić information content (AvgIpc) is 3.22. The zero-order chi connectivity index (χ0) is 22.8. The number of hydrogen-bond acceptors (Lipinski definition) is 6. The van der Waals surface area contributed by atoms with Crippen LogP contribution in [0.25, 0.3) is 16.9 Å². The zero-order valence-electron chi connectivity index (χ0n) is 16.9. The number of rotatable bonds is 3. The normalized spacial score (nSPS) is 14.6. The molecule has 0 saturated carbocycles. The summed E-state index contributed by atoms with van der Waals surface area (Å²) in [6, 6.07) is 3.21. The highest BCUT2D eigenvalue weighted by molar-refractivity contribution is 6.06. The summed E-state index contributed by atoms with van der Waals surface area (Å²) in [7, 11) is 0. The molecule has 32 heavy (non-hydrogen) atoms. The Bertz CT molecular complexity index is 1430. The second kappa shape index (κ2) is 6.74. The van der Waals surface area contributed by atoms with E-state index >= 15 is 0 Å². The van der Waals surface area contributed by atoms with E-state index in [9.17, 15) is 18.0 Å². The highest BCUT2D eigenvalue weighted by Crippen LogP contribution is 2.39. The number of benzene rings is 1. The molecule has 162 valence electrons. The second-order valence-corrected chi connectivity index (χ2v) is 7.96. The van der Waals surface area contributed by atoms with E-state index in [1.165, 1.54) is 17.1 Å². The minimum absolute atomic E-state index is 0.0573. The summed E-state index contributed by atoms with van der Waals surface area (Å²) >= 11 is 0. The predicted molar refractivity (Wildman–Crippen MR) is 110 cm³/mol. The molecule has 0 saturated heterocycles. The number of aromatic nitrogens is 5. The van der Waals surface area contributed by atoms with Crippen molar-refractivity contribution in [1.29, 1.82) is 0 Å². The molecule has 0 bridgehead atoms. The first-order valence-electron chi connectivity index (χ1n) is 9.62. The third-order valence-electron chi connectivity index (χ3n) is 5.58. The molecule has 3 aromatic heterocycles. The molecule has 4 heterocycles. The molecule has 1 aliphatic heterocycles. The lowest BCUT2D eigenvalue weighted by molar-refractivity contribution is -0.119. The molecule has 0 unspecified atom stereocenters. The molecule has 11 heteroatoms. The monoisotopic (exact) mass is 439 g/mol. The van der Waals surface area contributed by atoms with Crippen LogP contribution in [0.4, 0.5) is 24.8 Å². The Kier molecular flexibility index (Phi) is 4.19. The van der Waals surface area contributed by atoms with Crippen LogP contribution in [0, 0.1) is 17.5 Å². The number of fused-ring (bicyclic) bond motifs is 2. The molecule has 0 radical (unpaired) electrons. The molecule has 0 atom stereocenters. The Hall–Kier alpha value is -4.02. The van der Waals surface area contributed by atoms with Crippen LogP contribution in [0.3, 0.4) is 0 Å². The lowest BCUT2D eigenvalue weighted by Crippen LogP contribution is -2.27. The minimum atomic E-state index is -1.28. The maximum atomic E-state index is 14.2. The van der Waals surface area contributed by atoms with Gasteiger partial charge >= 0.3 is 0 Å². The van der Waals surface area contributed by atoms with Gasteiger partial charge in [-0.25, -0.2) is 13.2 Å². The topological polar surface area (TPSA) is 112 Å². The van der Waals surface area contributed by atoms with Crippen molar-refractivity contribution < 1.29 is 18.0 Å². The van der Waals surface area contributed by atoms with Crippen molar-refractivity contribution in [2.75, 3.05) is 11.1 Å². The first kappa shape index (κ1) is 19.9. The minimum Gasteiger partial charge on any atom is -0.383 e. The maximum Gasteiger partial charge on any atom is 0.255 e. The molecule has 1 amide bonds. The molecule has 3 N–H and O–H groups in total. The van der Waals surface area contributed by atoms with Gasteiger partial charge in [0, 0.05) is 29.8 Å². The van der Waals surface area contributed by atoms with Crippen LogP contribution in [-0.4, -0.2) is 30.6 Å². The van der Waals surface area contributed by atoms with Crippen molar-refractivity contribution in [2.24, 2.45) is 0 Å². The summed E-state index contributed by atoms with van der Waals surface area (Å²) < 4.78 is 43.5. The number of halogens is 3. The Morgan fingerprint density at radius 2 is 1.88 bits per heavy atom. The molecular weight excluding hydrogens is 423 g/mol. The SMILES string of the molecule is CC1(C)C(=O)Nc2nc(-n3nc(Cc4c(F)ccc(F)c4F)c4cnccc43)nc(N)c21. The average molecular weight is 439 g/mol. The van der Waals surface area contributed by atoms with Crippen molar-refractivity contribution >= 4 is 28.4 Å². The standard InChI is InChI=1S/C21H16F3N7O/c1-21(2)15-17(25)27-20(29-18(15)28-19(21)32)31-14-5-6-26-8-10(14)13(30-31)7-9-11(22)3-4-12(23)16(9)24/h3-6,8H,7H2,1-2H3,(H3,25,27,28,29,32). The van der Waals surface area contributed by atoms with Gasteiger partial charge in [-0.05, 0) is 32.0 Å². The van der Waals surface area contributed by atoms with E-state index in [1.54, 1.807) is 19.9 Å². The van der Waals surface area contributed by atoms with E-state index in [4.69, 9.17) is 5.73 Å². The molecule has 0 fully saturated rings. The number of carbonyl (C=O) groups is 1. The summed E-state index contributed by atoms with van der Waals surface area (Å²) in [6.45, 7) is 3.42. The highest BCUT2D eigenvalue weighted by Gasteiger charge is 2.42. The molecule has 1 aliphatic rings. The van der Waals surface area contributed by atoms with Crippen LogP contribution in [0.2, 0.25) is 0 Å². The fourth-order valence-corrected chi connectivity index (χ4v) is 3.85. The van der Waals surface area contributed by atoms with Gasteiger partial charge in [0.1, 0.15) is 17.5 Å². The van der Waals surface area contributed by atoms with Gasteiger partial charge in [-0.1, -0.05) is 0 Å². The Morgan fingerprint density at radius 1 is 1.12 bits per heavy atom. The van der Waals surface area contributed by atoms with Gasteiger partial charge < -0.3 is 11.1 Å². The summed E-state index contributed by atoms with van der Waals surface area (Å²) in [5.41, 5.74) is 6.00. The lowest BCUT2D eigenvalue weighted by atomic mass is 9.87. The van der Waals surface area contributed by atoms with E-state index in [0.717, 1.165) is 12.1 Å². The predicted octanol–water partition coefficient (Wildman–Crippen LogP) is 3.03. The highest BCUT2D eigenvalue weighted by atomic mass is 19.2. The largest absolute Gasteiger partial charge is 0.383 e. The number of amides is 1. The van der Waals surface area contributed by atoms with E-state index in [0.29, 0.717) is 16.5 Å². The number of carbonyl (C=O) groups excluding carboxylic acids is 1. The van der Waals surface area contributed by atoms with Crippen LogP contribution >= 0.6 is 0 Å². The smallest absolute Gasteiger partial charge is 0.255 e. The molecule has 8 nitrogen and oxygen atoms in total. The van der Waals surface area contributed by atoms with E-state index in [1.807, 2.05) is 0 Å². The maximum absolute atomic E-state index is 14.2. The first-order chi connectivity index (χ1) is 15.2. The number of nitrogens with one attached hydrogen (secondary N) is 1. The van der Waals surface area contributed by atoms with Gasteiger partial charge in [-0.15, -0.1) is 0 Å². The summed E-state index contributed by atoms with van der Waals surface area (Å²) in [6.07, 6.45) is 2.66. The Labute approximate surface area is 179 Å². The van der Waals surface area contributed by atoms with Crippen LogP contribution in [0.1, 0.15) is 30.7 Å². The molecule has 0 spiro atoms. The van der Waals surface area contributed by atoms with Gasteiger partial charge in [0.2, 0.25) is 5.91 Å². The van der Waals surface area contributed by atoms with Crippen LogP contribution in [0.5, 0.6) is 0 Å². The number of nitrogen functional groups attached to an aromatic ring is 1. The van der Waals surface area contributed by atoms with Crippen molar-refractivity contribution in [2.45, 2.75) is 25.7 Å². The zero-order valence-corrected chi connectivity index (χ0v) is 16.9. The third kappa shape index (κ3) is 2.81. The van der Waals surface area contributed by atoms with E-state index in [-0.39, 0.29) is 35.6 Å². The van der Waals surface area contributed by atoms with Gasteiger partial charge in [0.15, 0.2) is 11.6 Å². The third-order valence-corrected chi connectivity index (χ3v) is 5.58. The molecular formula is C21H16F3N7O. The molecule has 0 aliphatic carbocycles.